The summed E-state index contributed by atoms with van der Waals surface area (Å²) >= 11 is 1.93. The van der Waals surface area contributed by atoms with E-state index in [0.717, 1.165) is 43.4 Å². The van der Waals surface area contributed by atoms with Gasteiger partial charge in [-0.15, -0.1) is 11.3 Å². The highest BCUT2D eigenvalue weighted by Gasteiger charge is 2.23. The second-order valence-electron chi connectivity index (χ2n) is 15.9. The van der Waals surface area contributed by atoms with Crippen LogP contribution in [-0.4, -0.2) is 19.8 Å². The lowest BCUT2D eigenvalue weighted by Crippen LogP contribution is -2.27. The highest BCUT2D eigenvalue weighted by Crippen LogP contribution is 2.41. The van der Waals surface area contributed by atoms with Gasteiger partial charge in [-0.05, 0) is 119 Å². The average Bonchev–Trinajstić information content (AvgIpc) is 3.61. The summed E-state index contributed by atoms with van der Waals surface area (Å²) in [6, 6.07) is 41.6. The number of hydrogen-bond donors (Lipinski definition) is 0. The lowest BCUT2D eigenvalue weighted by Gasteiger charge is -2.32. The van der Waals surface area contributed by atoms with Gasteiger partial charge in [0, 0.05) is 32.8 Å². The Hall–Kier alpha value is -5.42. The van der Waals surface area contributed by atoms with Crippen molar-refractivity contribution in [1.29, 1.82) is 0 Å². The van der Waals surface area contributed by atoms with Crippen LogP contribution in [-0.2, 0) is 17.6 Å². The fraction of sp³-hybridized carbons (Fsp3) is 0.245. The molecule has 9 rings (SSSR count). The van der Waals surface area contributed by atoms with E-state index in [1.54, 1.807) is 0 Å². The van der Waals surface area contributed by atoms with Crippen LogP contribution in [0, 0.1) is 19.8 Å². The molecular weight excluding hydrogens is 715 g/mol. The number of hydrogen-bond acceptors (Lipinski definition) is 4. The first-order valence-corrected chi connectivity index (χ1v) is 21.5. The normalized spacial score (nSPS) is 16.8. The van der Waals surface area contributed by atoms with Gasteiger partial charge in [0.05, 0.1) is 13.2 Å². The topological polar surface area (TPSA) is 21.7 Å². The van der Waals surface area contributed by atoms with E-state index in [2.05, 4.69) is 178 Å². The SMILES string of the molecule is Cc1cc2c(cc1C)N(CCOc1cccc3ccccc13)C=CC2CCC(C)C=Cc1sc2c(ccc3ccccc32)c1CCOC1C=CCc2ccccc21. The van der Waals surface area contributed by atoms with Crippen LogP contribution >= 0.6 is 11.3 Å². The fourth-order valence-corrected chi connectivity index (χ4v) is 10.0. The standard InChI is InChI=1S/C53H51NO2S/c1-36(22-24-42-28-30-54(49-35-38(3)37(2)34-48(42)49)31-33-56-51-21-11-16-40-13-5-8-18-44(40)51)23-27-52-46(47-26-25-41-14-6-9-19-45(41)53(47)57-52)29-32-55-50-20-10-15-39-12-4-7-17-43(39)50/h4-14,16-21,23,25-28,30,34-36,42,50H,15,22,24,29,31-33H2,1-3H3. The van der Waals surface area contributed by atoms with E-state index in [1.165, 1.54) is 70.2 Å². The molecule has 0 radical (unpaired) electrons. The van der Waals surface area contributed by atoms with Gasteiger partial charge in [0.15, 0.2) is 0 Å². The molecule has 0 amide bonds. The molecule has 1 aliphatic carbocycles. The molecule has 3 nitrogen and oxygen atoms in total. The molecule has 1 aromatic heterocycles. The van der Waals surface area contributed by atoms with Crippen LogP contribution in [0.1, 0.15) is 70.0 Å². The number of fused-ring (bicyclic) bond motifs is 6. The Morgan fingerprint density at radius 1 is 0.772 bits per heavy atom. The van der Waals surface area contributed by atoms with Gasteiger partial charge in [-0.25, -0.2) is 0 Å². The van der Waals surface area contributed by atoms with Gasteiger partial charge < -0.3 is 14.4 Å². The Labute approximate surface area is 341 Å². The van der Waals surface area contributed by atoms with Crippen molar-refractivity contribution in [2.45, 2.75) is 58.5 Å². The second-order valence-corrected chi connectivity index (χ2v) is 16.9. The van der Waals surface area contributed by atoms with Gasteiger partial charge >= 0.3 is 0 Å². The smallest absolute Gasteiger partial charge is 0.127 e. The summed E-state index contributed by atoms with van der Waals surface area (Å²) < 4.78 is 14.3. The molecule has 0 fully saturated rings. The zero-order valence-electron chi connectivity index (χ0n) is 33.3. The van der Waals surface area contributed by atoms with Gasteiger partial charge in [-0.3, -0.25) is 0 Å². The summed E-state index contributed by atoms with van der Waals surface area (Å²) in [7, 11) is 0. The molecule has 0 spiro atoms. The first kappa shape index (κ1) is 37.2. The molecule has 7 aromatic rings. The van der Waals surface area contributed by atoms with E-state index in [9.17, 15) is 0 Å². The number of thiophene rings is 1. The van der Waals surface area contributed by atoms with Gasteiger partial charge in [-0.1, -0.05) is 134 Å². The largest absolute Gasteiger partial charge is 0.491 e. The summed E-state index contributed by atoms with van der Waals surface area (Å²) in [5.74, 6) is 1.77. The van der Waals surface area contributed by atoms with Crippen LogP contribution in [0.15, 0.2) is 146 Å². The first-order chi connectivity index (χ1) is 28.0. The monoisotopic (exact) mass is 765 g/mol. The maximum atomic E-state index is 6.59. The minimum atomic E-state index is 0.0156. The summed E-state index contributed by atoms with van der Waals surface area (Å²) in [5, 5.41) is 6.36. The molecule has 2 heterocycles. The van der Waals surface area contributed by atoms with Crippen molar-refractivity contribution in [2.24, 2.45) is 5.92 Å². The zero-order chi connectivity index (χ0) is 38.7. The third-order valence-electron chi connectivity index (χ3n) is 12.1. The molecule has 0 N–H and O–H groups in total. The van der Waals surface area contributed by atoms with Crippen molar-refractivity contribution in [3.8, 4) is 5.75 Å². The highest BCUT2D eigenvalue weighted by molar-refractivity contribution is 7.21. The lowest BCUT2D eigenvalue weighted by molar-refractivity contribution is 0.0862. The van der Waals surface area contributed by atoms with Crippen LogP contribution in [0.4, 0.5) is 5.69 Å². The maximum Gasteiger partial charge on any atom is 0.127 e. The number of nitrogens with zero attached hydrogens (tertiary/aromatic N) is 1. The van der Waals surface area contributed by atoms with E-state index in [-0.39, 0.29) is 6.10 Å². The Morgan fingerprint density at radius 2 is 1.54 bits per heavy atom. The number of allylic oxidation sites excluding steroid dienone is 3. The van der Waals surface area contributed by atoms with E-state index >= 15 is 0 Å². The molecule has 3 unspecified atom stereocenters. The van der Waals surface area contributed by atoms with Crippen LogP contribution in [0.3, 0.4) is 0 Å². The molecule has 6 aromatic carbocycles. The molecule has 2 aliphatic rings. The van der Waals surface area contributed by atoms with Crippen molar-refractivity contribution < 1.29 is 9.47 Å². The maximum absolute atomic E-state index is 6.59. The second kappa shape index (κ2) is 16.6. The van der Waals surface area contributed by atoms with Crippen LogP contribution < -0.4 is 9.64 Å². The summed E-state index contributed by atoms with van der Waals surface area (Å²) in [6.45, 7) is 8.93. The Morgan fingerprint density at radius 3 is 2.44 bits per heavy atom. The highest BCUT2D eigenvalue weighted by atomic mass is 32.1. The summed E-state index contributed by atoms with van der Waals surface area (Å²) in [4.78, 5) is 3.73. The number of rotatable bonds is 13. The molecule has 1 aliphatic heterocycles. The predicted molar refractivity (Wildman–Crippen MR) is 243 cm³/mol. The van der Waals surface area contributed by atoms with E-state index in [4.69, 9.17) is 9.47 Å². The van der Waals surface area contributed by atoms with Gasteiger partial charge in [-0.2, -0.15) is 0 Å². The van der Waals surface area contributed by atoms with Crippen molar-refractivity contribution in [3.63, 3.8) is 0 Å². The van der Waals surface area contributed by atoms with E-state index in [0.29, 0.717) is 25.0 Å². The number of aryl methyl sites for hydroxylation is 2. The molecule has 0 bridgehead atoms. The molecular formula is C53H51NO2S. The lowest BCUT2D eigenvalue weighted by atomic mass is 9.86. The van der Waals surface area contributed by atoms with Crippen LogP contribution in [0.5, 0.6) is 5.75 Å². The van der Waals surface area contributed by atoms with Gasteiger partial charge in [0.1, 0.15) is 18.5 Å². The third-order valence-corrected chi connectivity index (χ3v) is 13.3. The first-order valence-electron chi connectivity index (χ1n) is 20.6. The van der Waals surface area contributed by atoms with Crippen molar-refractivity contribution in [1.82, 2.24) is 0 Å². The van der Waals surface area contributed by atoms with Crippen molar-refractivity contribution in [3.05, 3.63) is 184 Å². The molecule has 3 atom stereocenters. The Kier molecular flexibility index (Phi) is 10.8. The number of ether oxygens (including phenoxy) is 2. The molecule has 0 saturated heterocycles. The minimum absolute atomic E-state index is 0.0156. The molecule has 0 saturated carbocycles. The van der Waals surface area contributed by atoms with Crippen LogP contribution in [0.25, 0.3) is 37.7 Å². The van der Waals surface area contributed by atoms with E-state index < -0.39 is 0 Å². The third kappa shape index (κ3) is 7.82. The molecule has 4 heteroatoms. The average molecular weight is 766 g/mol. The van der Waals surface area contributed by atoms with Gasteiger partial charge in [0.2, 0.25) is 0 Å². The van der Waals surface area contributed by atoms with Gasteiger partial charge in [0.25, 0.3) is 0 Å². The number of anilines is 1. The summed E-state index contributed by atoms with van der Waals surface area (Å²) in [6.07, 6.45) is 18.1. The minimum Gasteiger partial charge on any atom is -0.491 e. The quantitative estimate of drug-likeness (QED) is 0.109. The zero-order valence-corrected chi connectivity index (χ0v) is 34.1. The summed E-state index contributed by atoms with van der Waals surface area (Å²) in [5.41, 5.74) is 9.49. The Bertz CT molecular complexity index is 2640. The number of benzene rings is 6. The van der Waals surface area contributed by atoms with Crippen LogP contribution in [0.2, 0.25) is 0 Å². The van der Waals surface area contributed by atoms with E-state index in [1.807, 2.05) is 11.3 Å². The van der Waals surface area contributed by atoms with Crippen molar-refractivity contribution >= 4 is 54.7 Å². The van der Waals surface area contributed by atoms with Crippen molar-refractivity contribution in [2.75, 3.05) is 24.7 Å². The molecule has 57 heavy (non-hydrogen) atoms. The predicted octanol–water partition coefficient (Wildman–Crippen LogP) is 13.9. The fourth-order valence-electron chi connectivity index (χ4n) is 8.71. The Balaban J connectivity index is 0.893. The molecule has 286 valence electrons.